The molecule has 0 aliphatic heterocycles. The van der Waals surface area contributed by atoms with Crippen molar-refractivity contribution in [2.24, 2.45) is 0 Å². The fourth-order valence-electron chi connectivity index (χ4n) is 2.10. The zero-order valence-electron chi connectivity index (χ0n) is 15.9. The number of rotatable bonds is 7. The lowest BCUT2D eigenvalue weighted by Crippen LogP contribution is -2.44. The van der Waals surface area contributed by atoms with E-state index in [9.17, 15) is 9.59 Å². The van der Waals surface area contributed by atoms with Crippen molar-refractivity contribution >= 4 is 12.1 Å². The summed E-state index contributed by atoms with van der Waals surface area (Å²) in [6, 6.07) is 8.53. The van der Waals surface area contributed by atoms with Crippen LogP contribution in [-0.2, 0) is 14.3 Å². The molecule has 0 aliphatic rings. The molecule has 0 fully saturated rings. The summed E-state index contributed by atoms with van der Waals surface area (Å²) in [6.07, 6.45) is -0.793. The molecule has 1 amide bonds. The topological polar surface area (TPSA) is 73.9 Å². The van der Waals surface area contributed by atoms with Gasteiger partial charge in [0.25, 0.3) is 0 Å². The summed E-state index contributed by atoms with van der Waals surface area (Å²) in [7, 11) is 0. The van der Waals surface area contributed by atoms with Crippen LogP contribution in [0.2, 0.25) is 0 Å². The van der Waals surface area contributed by atoms with Crippen LogP contribution in [0.4, 0.5) is 4.79 Å². The highest BCUT2D eigenvalue weighted by molar-refractivity contribution is 5.81. The van der Waals surface area contributed by atoms with Gasteiger partial charge < -0.3 is 19.5 Å². The van der Waals surface area contributed by atoms with Crippen molar-refractivity contribution in [3.05, 3.63) is 30.3 Å². The van der Waals surface area contributed by atoms with E-state index in [1.165, 1.54) is 0 Å². The summed E-state index contributed by atoms with van der Waals surface area (Å²) >= 11 is 0. The number of esters is 1. The van der Waals surface area contributed by atoms with Crippen LogP contribution < -0.4 is 10.1 Å². The first-order valence-corrected chi connectivity index (χ1v) is 8.54. The lowest BCUT2D eigenvalue weighted by atomic mass is 10.1. The number of hydrogen-bond donors (Lipinski definition) is 1. The maximum absolute atomic E-state index is 12.2. The van der Waals surface area contributed by atoms with E-state index in [0.29, 0.717) is 12.2 Å². The van der Waals surface area contributed by atoms with E-state index in [-0.39, 0.29) is 6.10 Å². The fourth-order valence-corrected chi connectivity index (χ4v) is 2.10. The van der Waals surface area contributed by atoms with Crippen molar-refractivity contribution in [1.29, 1.82) is 0 Å². The van der Waals surface area contributed by atoms with Crippen LogP contribution in [0.3, 0.4) is 0 Å². The van der Waals surface area contributed by atoms with Crippen molar-refractivity contribution in [2.75, 3.05) is 0 Å². The second kappa shape index (κ2) is 9.30. The Balaban J connectivity index is 2.55. The van der Waals surface area contributed by atoms with Crippen LogP contribution in [0.1, 0.15) is 48.0 Å². The van der Waals surface area contributed by atoms with Crippen LogP contribution in [0, 0.1) is 0 Å². The zero-order valence-corrected chi connectivity index (χ0v) is 15.9. The van der Waals surface area contributed by atoms with Crippen LogP contribution >= 0.6 is 0 Å². The molecule has 1 N–H and O–H groups in total. The molecule has 1 rings (SSSR count). The van der Waals surface area contributed by atoms with E-state index < -0.39 is 29.8 Å². The van der Waals surface area contributed by atoms with Crippen molar-refractivity contribution in [3.8, 4) is 5.75 Å². The van der Waals surface area contributed by atoms with Gasteiger partial charge >= 0.3 is 12.1 Å². The van der Waals surface area contributed by atoms with Gasteiger partial charge in [-0.1, -0.05) is 25.1 Å². The summed E-state index contributed by atoms with van der Waals surface area (Å²) in [5.74, 6) is 0.186. The maximum atomic E-state index is 12.2. The van der Waals surface area contributed by atoms with Crippen LogP contribution in [0.15, 0.2) is 30.3 Å². The number of benzene rings is 1. The molecular formula is C19H29NO5. The lowest BCUT2D eigenvalue weighted by molar-refractivity contribution is -0.155. The molecular weight excluding hydrogens is 322 g/mol. The first-order chi connectivity index (χ1) is 11.6. The van der Waals surface area contributed by atoms with E-state index in [4.69, 9.17) is 14.2 Å². The normalized spacial score (nSPS) is 14.8. The predicted molar refractivity (Wildman–Crippen MR) is 95.5 cm³/mol. The zero-order chi connectivity index (χ0) is 19.0. The van der Waals surface area contributed by atoms with Gasteiger partial charge in [0.2, 0.25) is 0 Å². The molecule has 0 saturated carbocycles. The first kappa shape index (κ1) is 20.8. The standard InChI is InChI=1S/C19H29NO5/c1-7-16(14(3)23-15-11-9-8-10-12-15)24-17(21)13(2)20-18(22)25-19(4,5)6/h8-14,16H,7H2,1-6H3,(H,20,22)/t13-,14-,16+/m0/s1. The Morgan fingerprint density at radius 1 is 1.12 bits per heavy atom. The minimum absolute atomic E-state index is 0.315. The van der Waals surface area contributed by atoms with E-state index >= 15 is 0 Å². The molecule has 140 valence electrons. The predicted octanol–water partition coefficient (Wildman–Crippen LogP) is 3.69. The molecule has 3 atom stereocenters. The highest BCUT2D eigenvalue weighted by Crippen LogP contribution is 2.16. The average molecular weight is 351 g/mol. The third-order valence-corrected chi connectivity index (χ3v) is 3.35. The smallest absolute Gasteiger partial charge is 0.408 e. The molecule has 6 heteroatoms. The molecule has 6 nitrogen and oxygen atoms in total. The number of amides is 1. The first-order valence-electron chi connectivity index (χ1n) is 8.54. The van der Waals surface area contributed by atoms with Gasteiger partial charge in [-0.05, 0) is 53.2 Å². The molecule has 1 aromatic carbocycles. The molecule has 0 heterocycles. The molecule has 1 aromatic rings. The summed E-state index contributed by atoms with van der Waals surface area (Å²) < 4.78 is 16.4. The summed E-state index contributed by atoms with van der Waals surface area (Å²) in [5, 5.41) is 2.48. The highest BCUT2D eigenvalue weighted by Gasteiger charge is 2.26. The Kier molecular flexibility index (Phi) is 7.74. The Labute approximate surface area is 149 Å². The number of carbonyl (C=O) groups excluding carboxylic acids is 2. The quantitative estimate of drug-likeness (QED) is 0.759. The lowest BCUT2D eigenvalue weighted by Gasteiger charge is -2.26. The number of para-hydroxylation sites is 1. The highest BCUT2D eigenvalue weighted by atomic mass is 16.6. The fraction of sp³-hybridized carbons (Fsp3) is 0.579. The molecule has 0 spiro atoms. The summed E-state index contributed by atoms with van der Waals surface area (Å²) in [6.45, 7) is 10.6. The minimum Gasteiger partial charge on any atom is -0.487 e. The number of nitrogens with one attached hydrogen (secondary N) is 1. The molecule has 25 heavy (non-hydrogen) atoms. The Hall–Kier alpha value is -2.24. The second-order valence-electron chi connectivity index (χ2n) is 6.89. The largest absolute Gasteiger partial charge is 0.487 e. The summed E-state index contributed by atoms with van der Waals surface area (Å²) in [5.41, 5.74) is -0.627. The number of ether oxygens (including phenoxy) is 3. The van der Waals surface area contributed by atoms with Gasteiger partial charge in [0.15, 0.2) is 0 Å². The van der Waals surface area contributed by atoms with E-state index in [2.05, 4.69) is 5.32 Å². The number of carbonyl (C=O) groups is 2. The third-order valence-electron chi connectivity index (χ3n) is 3.35. The van der Waals surface area contributed by atoms with Gasteiger partial charge in [-0.25, -0.2) is 9.59 Å². The molecule has 0 radical (unpaired) electrons. The van der Waals surface area contributed by atoms with Gasteiger partial charge in [0.1, 0.15) is 29.6 Å². The van der Waals surface area contributed by atoms with Gasteiger partial charge in [-0.15, -0.1) is 0 Å². The van der Waals surface area contributed by atoms with E-state index in [0.717, 1.165) is 0 Å². The van der Waals surface area contributed by atoms with Gasteiger partial charge in [-0.3, -0.25) is 0 Å². The van der Waals surface area contributed by atoms with Crippen molar-refractivity contribution in [2.45, 2.75) is 71.8 Å². The number of alkyl carbamates (subject to hydrolysis) is 1. The second-order valence-corrected chi connectivity index (χ2v) is 6.89. The van der Waals surface area contributed by atoms with Crippen LogP contribution in [0.25, 0.3) is 0 Å². The molecule has 0 bridgehead atoms. The van der Waals surface area contributed by atoms with Gasteiger partial charge in [-0.2, -0.15) is 0 Å². The SMILES string of the molecule is CC[C@@H](OC(=O)[C@H](C)NC(=O)OC(C)(C)C)[C@H](C)Oc1ccccc1. The Morgan fingerprint density at radius 3 is 2.24 bits per heavy atom. The third kappa shape index (κ3) is 7.92. The molecule has 0 saturated heterocycles. The van der Waals surface area contributed by atoms with Crippen molar-refractivity contribution in [3.63, 3.8) is 0 Å². The Morgan fingerprint density at radius 2 is 1.72 bits per heavy atom. The Bertz CT molecular complexity index is 553. The van der Waals surface area contributed by atoms with Gasteiger partial charge in [0.05, 0.1) is 0 Å². The van der Waals surface area contributed by atoms with Crippen molar-refractivity contribution in [1.82, 2.24) is 5.32 Å². The molecule has 0 aromatic heterocycles. The molecule has 0 aliphatic carbocycles. The van der Waals surface area contributed by atoms with Gasteiger partial charge in [0, 0.05) is 0 Å². The maximum Gasteiger partial charge on any atom is 0.408 e. The van der Waals surface area contributed by atoms with Crippen LogP contribution in [0.5, 0.6) is 5.75 Å². The van der Waals surface area contributed by atoms with E-state index in [1.807, 2.05) is 44.2 Å². The monoisotopic (exact) mass is 351 g/mol. The van der Waals surface area contributed by atoms with E-state index in [1.54, 1.807) is 27.7 Å². The molecule has 0 unspecified atom stereocenters. The van der Waals surface area contributed by atoms with Crippen molar-refractivity contribution < 1.29 is 23.8 Å². The average Bonchev–Trinajstić information content (AvgIpc) is 2.51. The van der Waals surface area contributed by atoms with Crippen LogP contribution in [-0.4, -0.2) is 35.9 Å². The summed E-state index contributed by atoms with van der Waals surface area (Å²) in [4.78, 5) is 24.0. The minimum atomic E-state index is -0.812. The number of hydrogen-bond acceptors (Lipinski definition) is 5.